The Labute approximate surface area is 216 Å². The highest BCUT2D eigenvalue weighted by Crippen LogP contribution is 2.29. The minimum Gasteiger partial charge on any atom is -0.483 e. The summed E-state index contributed by atoms with van der Waals surface area (Å²) in [5.41, 5.74) is 3.79. The Morgan fingerprint density at radius 1 is 1.08 bits per heavy atom. The van der Waals surface area contributed by atoms with Crippen LogP contribution in [-0.2, 0) is 17.8 Å². The highest BCUT2D eigenvalue weighted by atomic mass is 16.4. The number of piperidine rings is 1. The third-order valence-electron chi connectivity index (χ3n) is 6.28. The first-order valence-corrected chi connectivity index (χ1v) is 12.2. The van der Waals surface area contributed by atoms with E-state index in [4.69, 9.17) is 15.0 Å². The molecular formula is C28H32N4O5. The van der Waals surface area contributed by atoms with E-state index in [0.717, 1.165) is 43.7 Å². The average molecular weight is 505 g/mol. The van der Waals surface area contributed by atoms with Gasteiger partial charge in [-0.2, -0.15) is 0 Å². The first-order valence-electron chi connectivity index (χ1n) is 12.2. The van der Waals surface area contributed by atoms with Gasteiger partial charge in [-0.3, -0.25) is 14.5 Å². The van der Waals surface area contributed by atoms with E-state index >= 15 is 0 Å². The van der Waals surface area contributed by atoms with Gasteiger partial charge in [0.1, 0.15) is 5.82 Å². The summed E-state index contributed by atoms with van der Waals surface area (Å²) >= 11 is 0. The molecule has 0 atom stereocenters. The van der Waals surface area contributed by atoms with Gasteiger partial charge in [-0.15, -0.1) is 0 Å². The third kappa shape index (κ3) is 8.22. The number of likely N-dealkylation sites (tertiary alicyclic amines) is 1. The number of aromatic nitrogens is 2. The normalized spacial score (nSPS) is 13.8. The summed E-state index contributed by atoms with van der Waals surface area (Å²) in [7, 11) is 0. The molecule has 1 saturated heterocycles. The molecule has 1 aliphatic rings. The Bertz CT molecular complexity index is 1190. The fraction of sp³-hybridized carbons (Fsp3) is 0.321. The summed E-state index contributed by atoms with van der Waals surface area (Å²) in [6.07, 6.45) is 4.08. The van der Waals surface area contributed by atoms with Crippen molar-refractivity contribution in [3.05, 3.63) is 94.6 Å². The molecule has 0 saturated carbocycles. The number of amides is 1. The molecule has 0 radical (unpaired) electrons. The number of rotatable bonds is 8. The van der Waals surface area contributed by atoms with Crippen molar-refractivity contribution in [2.75, 3.05) is 19.6 Å². The van der Waals surface area contributed by atoms with E-state index in [1.807, 2.05) is 19.1 Å². The second kappa shape index (κ2) is 13.8. The van der Waals surface area contributed by atoms with Gasteiger partial charge in [-0.05, 0) is 62.5 Å². The molecule has 1 aliphatic heterocycles. The first kappa shape index (κ1) is 27.5. The smallest absolute Gasteiger partial charge is 0.335 e. The van der Waals surface area contributed by atoms with Crippen LogP contribution in [0.15, 0.2) is 60.8 Å². The summed E-state index contributed by atoms with van der Waals surface area (Å²) in [4.78, 5) is 43.9. The molecule has 194 valence electrons. The lowest BCUT2D eigenvalue weighted by Crippen LogP contribution is -2.34. The zero-order chi connectivity index (χ0) is 26.6. The van der Waals surface area contributed by atoms with E-state index in [2.05, 4.69) is 44.5 Å². The van der Waals surface area contributed by atoms with E-state index in [-0.39, 0.29) is 23.9 Å². The SMILES string of the molecule is Cc1ncc(C(=O)NCCc2cccc(C(=O)O)c2)c(C2CCN(Cc3ccccc3)CC2)n1.O=CO. The van der Waals surface area contributed by atoms with Crippen LogP contribution in [0.1, 0.15) is 62.1 Å². The molecule has 1 aromatic heterocycles. The van der Waals surface area contributed by atoms with E-state index in [0.29, 0.717) is 24.4 Å². The molecule has 1 fully saturated rings. The summed E-state index contributed by atoms with van der Waals surface area (Å²) in [5.74, 6) is -0.247. The van der Waals surface area contributed by atoms with Gasteiger partial charge in [0.25, 0.3) is 12.4 Å². The number of nitrogens with one attached hydrogen (secondary N) is 1. The Balaban J connectivity index is 0.00000121. The summed E-state index contributed by atoms with van der Waals surface area (Å²) in [6, 6.07) is 17.3. The Kier molecular flexibility index (Phi) is 10.3. The van der Waals surface area contributed by atoms with Crippen molar-refractivity contribution in [3.63, 3.8) is 0 Å². The number of aromatic carboxylic acids is 1. The lowest BCUT2D eigenvalue weighted by Gasteiger charge is -2.32. The summed E-state index contributed by atoms with van der Waals surface area (Å²) < 4.78 is 0. The van der Waals surface area contributed by atoms with Crippen molar-refractivity contribution in [1.29, 1.82) is 0 Å². The van der Waals surface area contributed by atoms with E-state index in [1.165, 1.54) is 5.56 Å². The molecule has 9 heteroatoms. The summed E-state index contributed by atoms with van der Waals surface area (Å²) in [5, 5.41) is 19.0. The second-order valence-electron chi connectivity index (χ2n) is 8.87. The van der Waals surface area contributed by atoms with Crippen LogP contribution < -0.4 is 5.32 Å². The minimum atomic E-state index is -0.956. The monoisotopic (exact) mass is 504 g/mol. The van der Waals surface area contributed by atoms with Crippen LogP contribution in [0, 0.1) is 6.92 Å². The van der Waals surface area contributed by atoms with Crippen LogP contribution in [0.25, 0.3) is 0 Å². The van der Waals surface area contributed by atoms with Crippen molar-refractivity contribution < 1.29 is 24.6 Å². The molecule has 4 rings (SSSR count). The van der Waals surface area contributed by atoms with Crippen LogP contribution in [-0.4, -0.2) is 63.1 Å². The predicted octanol–water partition coefficient (Wildman–Crippen LogP) is 3.54. The number of hydrogen-bond acceptors (Lipinski definition) is 6. The molecule has 0 aliphatic carbocycles. The van der Waals surface area contributed by atoms with Crippen molar-refractivity contribution in [1.82, 2.24) is 20.2 Å². The predicted molar refractivity (Wildman–Crippen MR) is 139 cm³/mol. The lowest BCUT2D eigenvalue weighted by atomic mass is 9.90. The maximum absolute atomic E-state index is 13.0. The van der Waals surface area contributed by atoms with Gasteiger partial charge in [0, 0.05) is 25.2 Å². The van der Waals surface area contributed by atoms with E-state index < -0.39 is 5.97 Å². The van der Waals surface area contributed by atoms with Crippen LogP contribution in [0.4, 0.5) is 0 Å². The number of carboxylic acids is 1. The summed E-state index contributed by atoms with van der Waals surface area (Å²) in [6.45, 7) is 4.87. The Morgan fingerprint density at radius 3 is 2.43 bits per heavy atom. The van der Waals surface area contributed by atoms with Gasteiger partial charge in [-0.25, -0.2) is 14.8 Å². The molecule has 37 heavy (non-hydrogen) atoms. The fourth-order valence-corrected chi connectivity index (χ4v) is 4.46. The van der Waals surface area contributed by atoms with Gasteiger partial charge < -0.3 is 15.5 Å². The lowest BCUT2D eigenvalue weighted by molar-refractivity contribution is -0.122. The largest absolute Gasteiger partial charge is 0.483 e. The first-order chi connectivity index (χ1) is 17.9. The molecular weight excluding hydrogens is 472 g/mol. The van der Waals surface area contributed by atoms with Gasteiger partial charge in [0.2, 0.25) is 0 Å². The number of carbonyl (C=O) groups excluding carboxylic acids is 1. The number of benzene rings is 2. The molecule has 0 spiro atoms. The fourth-order valence-electron chi connectivity index (χ4n) is 4.46. The third-order valence-corrected chi connectivity index (χ3v) is 6.28. The van der Waals surface area contributed by atoms with Crippen LogP contribution in [0.3, 0.4) is 0 Å². The van der Waals surface area contributed by atoms with Crippen LogP contribution in [0.5, 0.6) is 0 Å². The Morgan fingerprint density at radius 2 is 1.76 bits per heavy atom. The molecule has 0 bridgehead atoms. The number of carboxylic acid groups (broad SMARTS) is 2. The number of carbonyl (C=O) groups is 3. The maximum Gasteiger partial charge on any atom is 0.335 e. The standard InChI is InChI=1S/C27H30N4O3.CH2O2/c1-19-29-17-24(26(32)28-13-10-20-8-5-9-23(16-20)27(33)34)25(30-19)22-11-14-31(15-12-22)18-21-6-3-2-4-7-21;2-1-3/h2-9,16-17,22H,10-15,18H2,1H3,(H,28,32)(H,33,34);1H,(H,2,3). The zero-order valence-electron chi connectivity index (χ0n) is 20.8. The van der Waals surface area contributed by atoms with Gasteiger partial charge >= 0.3 is 5.97 Å². The maximum atomic E-state index is 13.0. The zero-order valence-corrected chi connectivity index (χ0v) is 20.8. The van der Waals surface area contributed by atoms with Crippen molar-refractivity contribution in [2.24, 2.45) is 0 Å². The number of hydrogen-bond donors (Lipinski definition) is 3. The van der Waals surface area contributed by atoms with Crippen molar-refractivity contribution >= 4 is 18.3 Å². The van der Waals surface area contributed by atoms with Gasteiger partial charge in [-0.1, -0.05) is 42.5 Å². The molecule has 2 aromatic carbocycles. The van der Waals surface area contributed by atoms with Crippen molar-refractivity contribution in [3.8, 4) is 0 Å². The second-order valence-corrected chi connectivity index (χ2v) is 8.87. The van der Waals surface area contributed by atoms with E-state index in [9.17, 15) is 9.59 Å². The van der Waals surface area contributed by atoms with Crippen LogP contribution in [0.2, 0.25) is 0 Å². The molecule has 1 amide bonds. The van der Waals surface area contributed by atoms with Crippen LogP contribution >= 0.6 is 0 Å². The minimum absolute atomic E-state index is 0.184. The van der Waals surface area contributed by atoms with Gasteiger partial charge in [0.05, 0.1) is 16.8 Å². The molecule has 3 N–H and O–H groups in total. The number of aryl methyl sites for hydroxylation is 1. The highest BCUT2D eigenvalue weighted by molar-refractivity contribution is 5.95. The molecule has 9 nitrogen and oxygen atoms in total. The highest BCUT2D eigenvalue weighted by Gasteiger charge is 2.26. The van der Waals surface area contributed by atoms with Gasteiger partial charge in [0.15, 0.2) is 0 Å². The number of nitrogens with zero attached hydrogens (tertiary/aromatic N) is 3. The Hall–Kier alpha value is -4.11. The van der Waals surface area contributed by atoms with E-state index in [1.54, 1.807) is 24.4 Å². The topological polar surface area (TPSA) is 133 Å². The molecule has 0 unspecified atom stereocenters. The molecule has 2 heterocycles. The van der Waals surface area contributed by atoms with Crippen molar-refractivity contribution in [2.45, 2.75) is 38.6 Å². The average Bonchev–Trinajstić information content (AvgIpc) is 2.90. The quantitative estimate of drug-likeness (QED) is 0.397. The molecule has 3 aromatic rings.